The standard InChI is InChI=1S/C21H24N2O7/c1-13(2)16-7-5-6-8-19(16)29-12-20(24)30-14(3)21(25)22-17-10-9-15(28-4)11-18(17)23(26)27/h5-11,13-14H,12H2,1-4H3,(H,22,25)/t14-/m1/s1. The van der Waals surface area contributed by atoms with Crippen LogP contribution < -0.4 is 14.8 Å². The average Bonchev–Trinajstić information content (AvgIpc) is 2.72. The van der Waals surface area contributed by atoms with Crippen LogP contribution in [0.3, 0.4) is 0 Å². The van der Waals surface area contributed by atoms with Gasteiger partial charge in [-0.1, -0.05) is 32.0 Å². The molecule has 30 heavy (non-hydrogen) atoms. The second-order valence-electron chi connectivity index (χ2n) is 6.74. The van der Waals surface area contributed by atoms with Crippen LogP contribution in [0.25, 0.3) is 0 Å². The number of anilines is 1. The molecule has 0 spiro atoms. The predicted octanol–water partition coefficient (Wildman–Crippen LogP) is 3.68. The van der Waals surface area contributed by atoms with E-state index >= 15 is 0 Å². The number of nitro groups is 1. The zero-order valence-electron chi connectivity index (χ0n) is 17.2. The number of esters is 1. The fraction of sp³-hybridized carbons (Fsp3) is 0.333. The smallest absolute Gasteiger partial charge is 0.344 e. The number of nitro benzene ring substituents is 1. The highest BCUT2D eigenvalue weighted by atomic mass is 16.6. The molecule has 0 fully saturated rings. The predicted molar refractivity (Wildman–Crippen MR) is 110 cm³/mol. The molecule has 2 rings (SSSR count). The molecule has 0 saturated heterocycles. The van der Waals surface area contributed by atoms with Gasteiger partial charge in [0.25, 0.3) is 11.6 Å². The number of ether oxygens (including phenoxy) is 3. The van der Waals surface area contributed by atoms with Crippen LogP contribution in [0.5, 0.6) is 11.5 Å². The van der Waals surface area contributed by atoms with E-state index < -0.39 is 22.9 Å². The van der Waals surface area contributed by atoms with Crippen LogP contribution in [0.15, 0.2) is 42.5 Å². The lowest BCUT2D eigenvalue weighted by Gasteiger charge is -2.16. The maximum Gasteiger partial charge on any atom is 0.344 e. The SMILES string of the molecule is COc1ccc(NC(=O)[C@@H](C)OC(=O)COc2ccccc2C(C)C)c([N+](=O)[O-])c1. The molecular formula is C21H24N2O7. The minimum absolute atomic E-state index is 0.0317. The Morgan fingerprint density at radius 2 is 1.83 bits per heavy atom. The number of amides is 1. The number of nitrogens with one attached hydrogen (secondary N) is 1. The highest BCUT2D eigenvalue weighted by Gasteiger charge is 2.23. The largest absolute Gasteiger partial charge is 0.496 e. The number of hydrogen-bond donors (Lipinski definition) is 1. The third-order valence-corrected chi connectivity index (χ3v) is 4.22. The molecule has 0 saturated carbocycles. The summed E-state index contributed by atoms with van der Waals surface area (Å²) in [5, 5.41) is 13.6. The number of para-hydroxylation sites is 1. The van der Waals surface area contributed by atoms with Crippen LogP contribution in [0, 0.1) is 10.1 Å². The van der Waals surface area contributed by atoms with E-state index in [-0.39, 0.29) is 29.6 Å². The van der Waals surface area contributed by atoms with Gasteiger partial charge in [0.1, 0.15) is 17.2 Å². The van der Waals surface area contributed by atoms with Gasteiger partial charge in [0.05, 0.1) is 18.1 Å². The molecule has 2 aromatic rings. The zero-order chi connectivity index (χ0) is 22.3. The van der Waals surface area contributed by atoms with Crippen molar-refractivity contribution in [3.05, 3.63) is 58.1 Å². The molecule has 9 heteroatoms. The molecule has 9 nitrogen and oxygen atoms in total. The monoisotopic (exact) mass is 416 g/mol. The minimum Gasteiger partial charge on any atom is -0.496 e. The van der Waals surface area contributed by atoms with Crippen molar-refractivity contribution < 1.29 is 28.7 Å². The van der Waals surface area contributed by atoms with Gasteiger partial charge in [0.2, 0.25) is 0 Å². The number of hydrogen-bond acceptors (Lipinski definition) is 7. The van der Waals surface area contributed by atoms with Crippen molar-refractivity contribution in [3.8, 4) is 11.5 Å². The number of nitrogens with zero attached hydrogens (tertiary/aromatic N) is 1. The first-order valence-corrected chi connectivity index (χ1v) is 9.27. The van der Waals surface area contributed by atoms with Crippen LogP contribution in [0.2, 0.25) is 0 Å². The van der Waals surface area contributed by atoms with Gasteiger partial charge in [0.15, 0.2) is 12.7 Å². The zero-order valence-corrected chi connectivity index (χ0v) is 17.2. The summed E-state index contributed by atoms with van der Waals surface area (Å²) in [6.45, 7) is 5.01. The van der Waals surface area contributed by atoms with Crippen molar-refractivity contribution in [3.63, 3.8) is 0 Å². The fourth-order valence-electron chi connectivity index (χ4n) is 2.64. The lowest BCUT2D eigenvalue weighted by molar-refractivity contribution is -0.384. The Labute approximate surface area is 174 Å². The second kappa shape index (κ2) is 10.2. The molecule has 2 aromatic carbocycles. The molecule has 1 amide bonds. The van der Waals surface area contributed by atoms with Gasteiger partial charge >= 0.3 is 5.97 Å². The maximum atomic E-state index is 12.3. The first-order chi connectivity index (χ1) is 14.2. The maximum absolute atomic E-state index is 12.3. The number of benzene rings is 2. The lowest BCUT2D eigenvalue weighted by Crippen LogP contribution is -2.32. The van der Waals surface area contributed by atoms with Crippen molar-refractivity contribution in [2.45, 2.75) is 32.8 Å². The van der Waals surface area contributed by atoms with Crippen molar-refractivity contribution in [1.82, 2.24) is 0 Å². The molecule has 0 heterocycles. The molecule has 160 valence electrons. The molecule has 0 aliphatic rings. The number of rotatable bonds is 9. The van der Waals surface area contributed by atoms with E-state index in [1.165, 1.54) is 32.2 Å². The second-order valence-corrected chi connectivity index (χ2v) is 6.74. The first-order valence-electron chi connectivity index (χ1n) is 9.27. The molecule has 0 aromatic heterocycles. The Hall–Kier alpha value is -3.62. The van der Waals surface area contributed by atoms with Crippen molar-refractivity contribution in [2.75, 3.05) is 19.0 Å². The molecule has 0 unspecified atom stereocenters. The van der Waals surface area contributed by atoms with Gasteiger partial charge in [-0.2, -0.15) is 0 Å². The van der Waals surface area contributed by atoms with Crippen LogP contribution in [0.1, 0.15) is 32.3 Å². The summed E-state index contributed by atoms with van der Waals surface area (Å²) < 4.78 is 15.6. The summed E-state index contributed by atoms with van der Waals surface area (Å²) in [5.41, 5.74) is 0.577. The molecule has 0 bridgehead atoms. The topological polar surface area (TPSA) is 117 Å². The third-order valence-electron chi connectivity index (χ3n) is 4.22. The van der Waals surface area contributed by atoms with Gasteiger partial charge in [0, 0.05) is 0 Å². The van der Waals surface area contributed by atoms with Crippen LogP contribution in [-0.2, 0) is 14.3 Å². The quantitative estimate of drug-likeness (QED) is 0.376. The van der Waals surface area contributed by atoms with Crippen molar-refractivity contribution in [2.24, 2.45) is 0 Å². The van der Waals surface area contributed by atoms with Crippen molar-refractivity contribution in [1.29, 1.82) is 0 Å². The van der Waals surface area contributed by atoms with E-state index in [0.29, 0.717) is 5.75 Å². The molecule has 1 atom stereocenters. The minimum atomic E-state index is -1.18. The number of carbonyl (C=O) groups excluding carboxylic acids is 2. The fourth-order valence-corrected chi connectivity index (χ4v) is 2.64. The van der Waals surface area contributed by atoms with Crippen LogP contribution in [0.4, 0.5) is 11.4 Å². The van der Waals surface area contributed by atoms with Gasteiger partial charge in [-0.05, 0) is 36.6 Å². The average molecular weight is 416 g/mol. The Morgan fingerprint density at radius 3 is 2.47 bits per heavy atom. The van der Waals surface area contributed by atoms with E-state index in [9.17, 15) is 19.7 Å². The van der Waals surface area contributed by atoms with E-state index in [4.69, 9.17) is 14.2 Å². The molecule has 0 aliphatic heterocycles. The van der Waals surface area contributed by atoms with Gasteiger partial charge in [-0.3, -0.25) is 14.9 Å². The summed E-state index contributed by atoms with van der Waals surface area (Å²) in [6.07, 6.45) is -1.18. The van der Waals surface area contributed by atoms with Gasteiger partial charge in [-0.25, -0.2) is 4.79 Å². The summed E-state index contributed by atoms with van der Waals surface area (Å²) >= 11 is 0. The van der Waals surface area contributed by atoms with Crippen LogP contribution >= 0.6 is 0 Å². The molecular weight excluding hydrogens is 392 g/mol. The van der Waals surface area contributed by atoms with E-state index in [0.717, 1.165) is 5.56 Å². The first kappa shape index (κ1) is 22.7. The molecule has 1 N–H and O–H groups in total. The number of carbonyl (C=O) groups is 2. The van der Waals surface area contributed by atoms with E-state index in [1.54, 1.807) is 12.1 Å². The normalized spacial score (nSPS) is 11.5. The molecule has 0 aliphatic carbocycles. The molecule has 0 radical (unpaired) electrons. The Balaban J connectivity index is 1.96. The van der Waals surface area contributed by atoms with E-state index in [2.05, 4.69) is 5.32 Å². The highest BCUT2D eigenvalue weighted by Crippen LogP contribution is 2.29. The summed E-state index contributed by atoms with van der Waals surface area (Å²) in [4.78, 5) is 35.0. The third kappa shape index (κ3) is 5.94. The summed E-state index contributed by atoms with van der Waals surface area (Å²) in [5.74, 6) is -0.393. The Kier molecular flexibility index (Phi) is 7.74. The number of methoxy groups -OCH3 is 1. The van der Waals surface area contributed by atoms with Crippen molar-refractivity contribution >= 4 is 23.3 Å². The summed E-state index contributed by atoms with van der Waals surface area (Å²) in [7, 11) is 1.38. The van der Waals surface area contributed by atoms with Gasteiger partial charge < -0.3 is 19.5 Å². The van der Waals surface area contributed by atoms with E-state index in [1.807, 2.05) is 26.0 Å². The lowest BCUT2D eigenvalue weighted by atomic mass is 10.0. The Morgan fingerprint density at radius 1 is 1.13 bits per heavy atom. The van der Waals surface area contributed by atoms with Crippen LogP contribution in [-0.4, -0.2) is 36.6 Å². The Bertz CT molecular complexity index is 927. The summed E-state index contributed by atoms with van der Waals surface area (Å²) in [6, 6.07) is 11.3. The van der Waals surface area contributed by atoms with Gasteiger partial charge in [-0.15, -0.1) is 0 Å². The highest BCUT2D eigenvalue weighted by molar-refractivity contribution is 5.97.